The highest BCUT2D eigenvalue weighted by molar-refractivity contribution is 5.85. The molecule has 2 aromatic carbocycles. The molecular weight excluding hydrogens is 641 g/mol. The van der Waals surface area contributed by atoms with E-state index in [4.69, 9.17) is 0 Å². The van der Waals surface area contributed by atoms with Gasteiger partial charge in [-0.25, -0.2) is 0 Å². The van der Waals surface area contributed by atoms with Crippen LogP contribution in [0.15, 0.2) is 60.2 Å². The largest absolute Gasteiger partial charge is 0.348 e. The van der Waals surface area contributed by atoms with Gasteiger partial charge in [-0.05, 0) is 71.9 Å². The number of unbranched alkanes of at least 4 members (excludes halogenated alkanes) is 26. The Bertz CT molecular complexity index is 1260. The molecule has 0 atom stereocenters. The average Bonchev–Trinajstić information content (AvgIpc) is 3.18. The van der Waals surface area contributed by atoms with Gasteiger partial charge in [0.1, 0.15) is 0 Å². The van der Waals surface area contributed by atoms with E-state index >= 15 is 0 Å². The van der Waals surface area contributed by atoms with E-state index in [0.29, 0.717) is 0 Å². The standard InChI is InChI=1S/C51H82N2/c1-4-7-10-11-12-13-14-15-16-17-18-19-20-21-22-23-24-25-26-27-28-29-30-32-35-46-39-41-49(42-40-46)51(48(43-44-53-52)37-31-8-5-2)50-38-33-36-47(45-50)34-9-6-3/h33,36,38-43,45H,4-32,34-35,37H2,1-3H3. The normalized spacial score (nSPS) is 11.7. The summed E-state index contributed by atoms with van der Waals surface area (Å²) in [4.78, 5) is 3.21. The second-order valence-electron chi connectivity index (χ2n) is 16.1. The molecule has 296 valence electrons. The lowest BCUT2D eigenvalue weighted by Crippen LogP contribution is -1.97. The van der Waals surface area contributed by atoms with E-state index in [-0.39, 0.29) is 0 Å². The van der Waals surface area contributed by atoms with Crippen LogP contribution < -0.4 is 0 Å². The quantitative estimate of drug-likeness (QED) is 0.0223. The molecule has 0 fully saturated rings. The van der Waals surface area contributed by atoms with Crippen molar-refractivity contribution in [1.82, 2.24) is 0 Å². The molecule has 0 amide bonds. The summed E-state index contributed by atoms with van der Waals surface area (Å²) in [5.41, 5.74) is 17.0. The van der Waals surface area contributed by atoms with Crippen molar-refractivity contribution < 1.29 is 4.79 Å². The van der Waals surface area contributed by atoms with Gasteiger partial charge in [-0.2, -0.15) is 0 Å². The third kappa shape index (κ3) is 23.7. The predicted molar refractivity (Wildman–Crippen MR) is 235 cm³/mol. The fraction of sp³-hybridized carbons (Fsp3) is 0.686. The first-order valence-electron chi connectivity index (χ1n) is 23.1. The molecule has 0 aliphatic carbocycles. The third-order valence-corrected chi connectivity index (χ3v) is 11.3. The number of aryl methyl sites for hydroxylation is 2. The van der Waals surface area contributed by atoms with Crippen LogP contribution >= 0.6 is 0 Å². The highest BCUT2D eigenvalue weighted by atomic mass is 14.8. The Hall–Kier alpha value is -2.66. The predicted octanol–water partition coefficient (Wildman–Crippen LogP) is 16.8. The zero-order chi connectivity index (χ0) is 37.9. The first-order valence-corrected chi connectivity index (χ1v) is 23.1. The fourth-order valence-corrected chi connectivity index (χ4v) is 7.87. The molecule has 2 aromatic rings. The Labute approximate surface area is 329 Å². The summed E-state index contributed by atoms with van der Waals surface area (Å²) in [5.74, 6) is 2.74. The van der Waals surface area contributed by atoms with E-state index in [1.54, 1.807) is 0 Å². The van der Waals surface area contributed by atoms with Gasteiger partial charge in [0.25, 0.3) is 5.87 Å². The van der Waals surface area contributed by atoms with Crippen LogP contribution in [0.5, 0.6) is 0 Å². The topological polar surface area (TPSA) is 36.4 Å². The fourth-order valence-electron chi connectivity index (χ4n) is 7.87. The molecule has 0 heterocycles. The lowest BCUT2D eigenvalue weighted by molar-refractivity contribution is 0.00800. The van der Waals surface area contributed by atoms with Crippen LogP contribution in [0.2, 0.25) is 0 Å². The Kier molecular flexibility index (Phi) is 29.7. The van der Waals surface area contributed by atoms with E-state index in [0.717, 1.165) is 25.7 Å². The van der Waals surface area contributed by atoms with Gasteiger partial charge in [0.05, 0.1) is 6.08 Å². The van der Waals surface area contributed by atoms with E-state index in [9.17, 15) is 5.53 Å². The molecule has 0 aliphatic heterocycles. The zero-order valence-electron chi connectivity index (χ0n) is 35.2. The van der Waals surface area contributed by atoms with Crippen molar-refractivity contribution >= 4 is 11.4 Å². The number of rotatable bonds is 35. The maximum atomic E-state index is 9.22. The molecule has 0 N–H and O–H groups in total. The minimum atomic E-state index is 0.951. The number of hydrogen-bond acceptors (Lipinski definition) is 0. The Morgan fingerprint density at radius 1 is 0.472 bits per heavy atom. The molecule has 0 saturated heterocycles. The molecule has 2 nitrogen and oxygen atoms in total. The summed E-state index contributed by atoms with van der Waals surface area (Å²) in [6.45, 7) is 6.80. The van der Waals surface area contributed by atoms with Gasteiger partial charge in [-0.1, -0.05) is 236 Å². The van der Waals surface area contributed by atoms with Gasteiger partial charge in [-0.3, -0.25) is 0 Å². The Morgan fingerprint density at radius 2 is 0.906 bits per heavy atom. The number of hydrogen-bond donors (Lipinski definition) is 0. The van der Waals surface area contributed by atoms with Crippen molar-refractivity contribution in [3.63, 3.8) is 0 Å². The monoisotopic (exact) mass is 723 g/mol. The number of nitrogens with zero attached hydrogens (tertiary/aromatic N) is 2. The zero-order valence-corrected chi connectivity index (χ0v) is 35.2. The molecule has 0 unspecified atom stereocenters. The lowest BCUT2D eigenvalue weighted by Gasteiger charge is -2.15. The van der Waals surface area contributed by atoms with Crippen LogP contribution in [0.25, 0.3) is 11.1 Å². The molecule has 2 rings (SSSR count). The van der Waals surface area contributed by atoms with Gasteiger partial charge in [0.15, 0.2) is 0 Å². The van der Waals surface area contributed by atoms with Crippen molar-refractivity contribution in [3.8, 4) is 0 Å². The van der Waals surface area contributed by atoms with Crippen LogP contribution in [-0.4, -0.2) is 10.7 Å². The SMILES string of the molecule is CCCCCCCCCCCCCCCCCCCCCCCCCCc1ccc(C(=C(C=C=[N+]=[N-])CCCCC)c2cccc(CCCC)c2)cc1. The summed E-state index contributed by atoms with van der Waals surface area (Å²) in [6, 6.07) is 18.4. The molecule has 2 heteroatoms. The minimum Gasteiger partial charge on any atom is -0.348 e. The molecule has 0 spiro atoms. The third-order valence-electron chi connectivity index (χ3n) is 11.3. The molecule has 0 aromatic heterocycles. The van der Waals surface area contributed by atoms with E-state index in [1.807, 2.05) is 6.08 Å². The first kappa shape index (κ1) is 46.5. The smallest absolute Gasteiger partial charge is 0.299 e. The molecule has 0 aliphatic rings. The Morgan fingerprint density at radius 3 is 1.38 bits per heavy atom. The minimum absolute atomic E-state index is 0.951. The highest BCUT2D eigenvalue weighted by Crippen LogP contribution is 2.31. The van der Waals surface area contributed by atoms with Gasteiger partial charge >= 0.3 is 0 Å². The molecular formula is C51H82N2. The van der Waals surface area contributed by atoms with Crippen molar-refractivity contribution in [2.45, 2.75) is 226 Å². The summed E-state index contributed by atoms with van der Waals surface area (Å²) in [5, 5.41) is 0. The molecule has 53 heavy (non-hydrogen) atoms. The van der Waals surface area contributed by atoms with Gasteiger partial charge in [-0.15, -0.1) is 4.79 Å². The molecule has 0 radical (unpaired) electrons. The second kappa shape index (κ2) is 33.9. The van der Waals surface area contributed by atoms with Crippen LogP contribution in [0.4, 0.5) is 0 Å². The van der Waals surface area contributed by atoms with Crippen molar-refractivity contribution in [3.05, 3.63) is 88.0 Å². The average molecular weight is 723 g/mol. The van der Waals surface area contributed by atoms with Crippen LogP contribution in [0.3, 0.4) is 0 Å². The lowest BCUT2D eigenvalue weighted by atomic mass is 9.88. The summed E-state index contributed by atoms with van der Waals surface area (Å²) >= 11 is 0. The summed E-state index contributed by atoms with van der Waals surface area (Å²) < 4.78 is 0. The summed E-state index contributed by atoms with van der Waals surface area (Å²) in [6.07, 6.45) is 45.4. The van der Waals surface area contributed by atoms with E-state index < -0.39 is 0 Å². The molecule has 0 saturated carbocycles. The van der Waals surface area contributed by atoms with Crippen molar-refractivity contribution in [2.24, 2.45) is 0 Å². The van der Waals surface area contributed by atoms with E-state index in [1.165, 1.54) is 213 Å². The number of benzene rings is 2. The van der Waals surface area contributed by atoms with Crippen LogP contribution in [-0.2, 0) is 12.8 Å². The number of allylic oxidation sites excluding steroid dienone is 2. The summed E-state index contributed by atoms with van der Waals surface area (Å²) in [7, 11) is 0. The van der Waals surface area contributed by atoms with Gasteiger partial charge in [0.2, 0.25) is 0 Å². The maximum absolute atomic E-state index is 9.22. The van der Waals surface area contributed by atoms with Crippen LogP contribution in [0, 0.1) is 0 Å². The first-order chi connectivity index (χ1) is 26.2. The van der Waals surface area contributed by atoms with Crippen molar-refractivity contribution in [1.29, 1.82) is 0 Å². The van der Waals surface area contributed by atoms with Crippen molar-refractivity contribution in [2.75, 3.05) is 0 Å². The maximum Gasteiger partial charge on any atom is 0.299 e. The molecule has 0 bridgehead atoms. The van der Waals surface area contributed by atoms with Gasteiger partial charge in [0, 0.05) is 0 Å². The van der Waals surface area contributed by atoms with E-state index in [2.05, 4.69) is 80.0 Å². The second-order valence-corrected chi connectivity index (χ2v) is 16.1. The Balaban J connectivity index is 1.61. The van der Waals surface area contributed by atoms with Gasteiger partial charge < -0.3 is 5.53 Å². The highest BCUT2D eigenvalue weighted by Gasteiger charge is 2.13. The van der Waals surface area contributed by atoms with Crippen LogP contribution in [0.1, 0.15) is 236 Å².